The number of nitrogens with zero attached hydrogens (tertiary/aromatic N) is 1. The quantitative estimate of drug-likeness (QED) is 0.643. The summed E-state index contributed by atoms with van der Waals surface area (Å²) in [6.45, 7) is 13.2. The number of benzene rings is 2. The van der Waals surface area contributed by atoms with Gasteiger partial charge >= 0.3 is 0 Å². The third-order valence-electron chi connectivity index (χ3n) is 6.15. The van der Waals surface area contributed by atoms with Crippen molar-refractivity contribution in [3.8, 4) is 5.75 Å². The van der Waals surface area contributed by atoms with E-state index in [-0.39, 0.29) is 11.3 Å². The lowest BCUT2D eigenvalue weighted by atomic mass is 9.72. The number of hydrogen-bond acceptors (Lipinski definition) is 4. The van der Waals surface area contributed by atoms with E-state index in [2.05, 4.69) is 60.6 Å². The lowest BCUT2D eigenvalue weighted by molar-refractivity contribution is -0.114. The fourth-order valence-corrected chi connectivity index (χ4v) is 4.34. The van der Waals surface area contributed by atoms with Gasteiger partial charge in [0.25, 0.3) is 0 Å². The van der Waals surface area contributed by atoms with Crippen molar-refractivity contribution in [2.45, 2.75) is 47.1 Å². The molecule has 0 saturated carbocycles. The summed E-state index contributed by atoms with van der Waals surface area (Å²) in [6, 6.07) is 16.9. The maximum absolute atomic E-state index is 11.2. The number of hydrogen-bond donors (Lipinski definition) is 2. The molecule has 30 heavy (non-hydrogen) atoms. The van der Waals surface area contributed by atoms with E-state index in [9.17, 15) is 4.79 Å². The second kappa shape index (κ2) is 9.41. The van der Waals surface area contributed by atoms with Crippen LogP contribution in [0.15, 0.2) is 48.5 Å². The number of anilines is 3. The van der Waals surface area contributed by atoms with Crippen molar-refractivity contribution in [1.29, 1.82) is 0 Å². The summed E-state index contributed by atoms with van der Waals surface area (Å²) < 4.78 is 5.60. The second-order valence-corrected chi connectivity index (χ2v) is 8.95. The van der Waals surface area contributed by atoms with Gasteiger partial charge in [-0.1, -0.05) is 13.8 Å². The minimum absolute atomic E-state index is 0.0522. The lowest BCUT2D eigenvalue weighted by Crippen LogP contribution is -2.53. The van der Waals surface area contributed by atoms with Gasteiger partial charge in [-0.3, -0.25) is 4.79 Å². The highest BCUT2D eigenvalue weighted by Crippen LogP contribution is 2.40. The van der Waals surface area contributed by atoms with Crippen LogP contribution in [-0.2, 0) is 4.79 Å². The number of ether oxygens (including phenoxy) is 1. The lowest BCUT2D eigenvalue weighted by Gasteiger charge is -2.49. The van der Waals surface area contributed by atoms with Gasteiger partial charge in [0, 0.05) is 43.1 Å². The zero-order valence-corrected chi connectivity index (χ0v) is 18.9. The molecule has 2 aromatic rings. The van der Waals surface area contributed by atoms with Crippen molar-refractivity contribution in [3.05, 3.63) is 48.5 Å². The summed E-state index contributed by atoms with van der Waals surface area (Å²) in [7, 11) is 0. The Morgan fingerprint density at radius 3 is 2.33 bits per heavy atom. The average molecular weight is 410 g/mol. The molecule has 0 bridgehead atoms. The van der Waals surface area contributed by atoms with E-state index in [1.54, 1.807) is 0 Å². The molecule has 2 N–H and O–H groups in total. The summed E-state index contributed by atoms with van der Waals surface area (Å²) >= 11 is 0. The van der Waals surface area contributed by atoms with E-state index < -0.39 is 0 Å². The molecule has 162 valence electrons. The van der Waals surface area contributed by atoms with Gasteiger partial charge in [-0.05, 0) is 80.1 Å². The van der Waals surface area contributed by atoms with Crippen LogP contribution in [0.3, 0.4) is 0 Å². The van der Waals surface area contributed by atoms with Gasteiger partial charge in [0.15, 0.2) is 0 Å². The number of piperidine rings is 1. The monoisotopic (exact) mass is 409 g/mol. The van der Waals surface area contributed by atoms with Crippen LogP contribution >= 0.6 is 0 Å². The second-order valence-electron chi connectivity index (χ2n) is 8.95. The van der Waals surface area contributed by atoms with Crippen LogP contribution in [0, 0.1) is 11.3 Å². The molecule has 5 heteroatoms. The van der Waals surface area contributed by atoms with Gasteiger partial charge in [0.2, 0.25) is 5.91 Å². The number of nitrogens with one attached hydrogen (secondary N) is 2. The molecule has 1 heterocycles. The Kier molecular flexibility index (Phi) is 6.91. The topological polar surface area (TPSA) is 53.6 Å². The minimum Gasteiger partial charge on any atom is -0.494 e. The molecular formula is C25H35N3O2. The van der Waals surface area contributed by atoms with Crippen LogP contribution in [-0.4, -0.2) is 31.6 Å². The van der Waals surface area contributed by atoms with Crippen molar-refractivity contribution < 1.29 is 9.53 Å². The third kappa shape index (κ3) is 5.47. The van der Waals surface area contributed by atoms with Gasteiger partial charge in [-0.25, -0.2) is 0 Å². The summed E-state index contributed by atoms with van der Waals surface area (Å²) in [5.41, 5.74) is 3.37. The summed E-state index contributed by atoms with van der Waals surface area (Å²) in [4.78, 5) is 13.7. The number of carbonyl (C=O) groups is 1. The van der Waals surface area contributed by atoms with Crippen molar-refractivity contribution in [2.24, 2.45) is 11.3 Å². The van der Waals surface area contributed by atoms with Crippen molar-refractivity contribution in [3.63, 3.8) is 0 Å². The maximum Gasteiger partial charge on any atom is 0.221 e. The molecule has 0 radical (unpaired) electrons. The summed E-state index contributed by atoms with van der Waals surface area (Å²) in [5.74, 6) is 1.41. The van der Waals surface area contributed by atoms with Gasteiger partial charge in [0.05, 0.1) is 6.61 Å². The highest BCUT2D eigenvalue weighted by molar-refractivity contribution is 5.88. The third-order valence-corrected chi connectivity index (χ3v) is 6.15. The molecule has 1 aliphatic heterocycles. The molecule has 1 aliphatic rings. The van der Waals surface area contributed by atoms with Crippen LogP contribution in [0.5, 0.6) is 5.75 Å². The smallest absolute Gasteiger partial charge is 0.221 e. The Morgan fingerprint density at radius 1 is 1.10 bits per heavy atom. The highest BCUT2D eigenvalue weighted by atomic mass is 16.5. The molecule has 0 aromatic heterocycles. The van der Waals surface area contributed by atoms with Crippen LogP contribution in [0.4, 0.5) is 17.1 Å². The molecule has 3 rings (SSSR count). The predicted octanol–water partition coefficient (Wildman–Crippen LogP) is 5.40. The van der Waals surface area contributed by atoms with Crippen LogP contribution in [0.2, 0.25) is 0 Å². The SMILES string of the molecule is CCOc1ccc(N2CC(CNc3ccc(NC(C)=O)cc3)CC(C)(C)C2C)cc1. The summed E-state index contributed by atoms with van der Waals surface area (Å²) in [5, 5.41) is 6.39. The van der Waals surface area contributed by atoms with E-state index >= 15 is 0 Å². The van der Waals surface area contributed by atoms with Gasteiger partial charge in [-0.2, -0.15) is 0 Å². The zero-order valence-electron chi connectivity index (χ0n) is 18.9. The maximum atomic E-state index is 11.2. The molecular weight excluding hydrogens is 374 g/mol. The number of amides is 1. The fourth-order valence-electron chi connectivity index (χ4n) is 4.34. The largest absolute Gasteiger partial charge is 0.494 e. The predicted molar refractivity (Wildman–Crippen MR) is 126 cm³/mol. The molecule has 1 amide bonds. The average Bonchev–Trinajstić information content (AvgIpc) is 2.70. The molecule has 2 atom stereocenters. The fraction of sp³-hybridized carbons (Fsp3) is 0.480. The van der Waals surface area contributed by atoms with Gasteiger partial charge < -0.3 is 20.3 Å². The molecule has 0 aliphatic carbocycles. The van der Waals surface area contributed by atoms with Gasteiger partial charge in [-0.15, -0.1) is 0 Å². The molecule has 0 spiro atoms. The molecule has 1 saturated heterocycles. The van der Waals surface area contributed by atoms with Crippen molar-refractivity contribution in [1.82, 2.24) is 0 Å². The number of carbonyl (C=O) groups excluding carboxylic acids is 1. The van der Waals surface area contributed by atoms with Gasteiger partial charge in [0.1, 0.15) is 5.75 Å². The van der Waals surface area contributed by atoms with E-state index in [1.807, 2.05) is 31.2 Å². The normalized spacial score (nSPS) is 20.5. The Balaban J connectivity index is 1.66. The molecule has 2 unspecified atom stereocenters. The number of rotatable bonds is 7. The van der Waals surface area contributed by atoms with E-state index in [1.165, 1.54) is 19.0 Å². The van der Waals surface area contributed by atoms with E-state index in [0.717, 1.165) is 30.2 Å². The minimum atomic E-state index is -0.0522. The van der Waals surface area contributed by atoms with Crippen LogP contribution in [0.1, 0.15) is 41.0 Å². The Hall–Kier alpha value is -2.69. The van der Waals surface area contributed by atoms with Crippen LogP contribution in [0.25, 0.3) is 0 Å². The first-order valence-corrected chi connectivity index (χ1v) is 10.9. The van der Waals surface area contributed by atoms with E-state index in [4.69, 9.17) is 4.74 Å². The van der Waals surface area contributed by atoms with Crippen molar-refractivity contribution >= 4 is 23.0 Å². The molecule has 2 aromatic carbocycles. The standard InChI is InChI=1S/C25H35N3O2/c1-6-30-24-13-11-23(12-14-24)28-17-20(15-25(4,5)18(28)2)16-26-21-7-9-22(10-8-21)27-19(3)29/h7-14,18,20,26H,6,15-17H2,1-5H3,(H,27,29). The Labute approximate surface area is 180 Å². The molecule has 5 nitrogen and oxygen atoms in total. The first-order valence-electron chi connectivity index (χ1n) is 10.9. The first-order chi connectivity index (χ1) is 14.3. The molecule has 1 fully saturated rings. The highest BCUT2D eigenvalue weighted by Gasteiger charge is 2.38. The van der Waals surface area contributed by atoms with E-state index in [0.29, 0.717) is 18.6 Å². The zero-order chi connectivity index (χ0) is 21.7. The van der Waals surface area contributed by atoms with Crippen LogP contribution < -0.4 is 20.3 Å². The Morgan fingerprint density at radius 2 is 1.73 bits per heavy atom. The first kappa shape index (κ1) is 22.0. The summed E-state index contributed by atoms with van der Waals surface area (Å²) in [6.07, 6.45) is 1.18. The van der Waals surface area contributed by atoms with Crippen molar-refractivity contribution in [2.75, 3.05) is 35.2 Å². The Bertz CT molecular complexity index is 830.